The Kier molecular flexibility index (Phi) is 38.4. The number of hydrogen-bond donors (Lipinski definition) is 1. The highest BCUT2D eigenvalue weighted by molar-refractivity contribution is 7.45. The average Bonchev–Trinajstić information content (AvgIpc) is 3.21. The molecule has 0 saturated heterocycles. The van der Waals surface area contributed by atoms with Crippen LogP contribution in [-0.2, 0) is 32.7 Å². The van der Waals surface area contributed by atoms with Gasteiger partial charge in [-0.05, 0) is 83.5 Å². The fraction of sp³-hybridized carbons (Fsp3) is 0.600. The molecule has 11 heteroatoms. The number of aliphatic hydroxyl groups is 1. The third-order valence-corrected chi connectivity index (χ3v) is 9.86. The minimum absolute atomic E-state index is 0.0836. The van der Waals surface area contributed by atoms with E-state index in [2.05, 4.69) is 98.9 Å². The maximum atomic E-state index is 12.7. The first kappa shape index (κ1) is 57.6. The van der Waals surface area contributed by atoms with Crippen molar-refractivity contribution in [1.82, 2.24) is 0 Å². The van der Waals surface area contributed by atoms with Crippen molar-refractivity contribution < 1.29 is 47.2 Å². The molecule has 3 atom stereocenters. The van der Waals surface area contributed by atoms with E-state index in [1.54, 1.807) is 12.2 Å². The number of likely N-dealkylation sites (N-methyl/N-ethyl adjacent to an activating group) is 1. The maximum Gasteiger partial charge on any atom is 0.306 e. The van der Waals surface area contributed by atoms with Crippen LogP contribution in [0.1, 0.15) is 136 Å². The smallest absolute Gasteiger partial charge is 0.306 e. The number of phosphoric ester groups is 1. The molecular weight excluding hydrogens is 790 g/mol. The largest absolute Gasteiger partial charge is 0.756 e. The van der Waals surface area contributed by atoms with Crippen LogP contribution >= 0.6 is 7.82 Å². The zero-order valence-corrected chi connectivity index (χ0v) is 39.3. The number of rotatable bonds is 39. The molecule has 0 heterocycles. The van der Waals surface area contributed by atoms with Crippen molar-refractivity contribution in [2.24, 2.45) is 0 Å². The second kappa shape index (κ2) is 40.7. The summed E-state index contributed by atoms with van der Waals surface area (Å²) < 4.78 is 33.7. The summed E-state index contributed by atoms with van der Waals surface area (Å²) >= 11 is 0. The van der Waals surface area contributed by atoms with E-state index in [1.807, 2.05) is 33.3 Å². The van der Waals surface area contributed by atoms with Gasteiger partial charge in [0, 0.05) is 12.8 Å². The highest BCUT2D eigenvalue weighted by Gasteiger charge is 2.22. The predicted octanol–water partition coefficient (Wildman–Crippen LogP) is 11.5. The molecule has 0 saturated carbocycles. The summed E-state index contributed by atoms with van der Waals surface area (Å²) in [5.74, 6) is -1.15. The number of quaternary nitrogens is 1. The molecule has 0 aromatic heterocycles. The topological polar surface area (TPSA) is 131 Å². The molecule has 0 aromatic carbocycles. The van der Waals surface area contributed by atoms with E-state index in [4.69, 9.17) is 18.5 Å². The molecule has 0 amide bonds. The molecule has 0 spiro atoms. The van der Waals surface area contributed by atoms with E-state index in [1.165, 1.54) is 25.7 Å². The minimum Gasteiger partial charge on any atom is -0.756 e. The van der Waals surface area contributed by atoms with Crippen molar-refractivity contribution >= 4 is 19.8 Å². The molecule has 0 fully saturated rings. The number of ether oxygens (including phenoxy) is 2. The lowest BCUT2D eigenvalue weighted by Crippen LogP contribution is -2.37. The van der Waals surface area contributed by atoms with Gasteiger partial charge in [0.1, 0.15) is 19.8 Å². The molecule has 1 N–H and O–H groups in total. The highest BCUT2D eigenvalue weighted by Crippen LogP contribution is 2.38. The second-order valence-corrected chi connectivity index (χ2v) is 17.3. The Morgan fingerprint density at radius 1 is 0.623 bits per heavy atom. The van der Waals surface area contributed by atoms with Crippen molar-refractivity contribution in [1.29, 1.82) is 0 Å². The summed E-state index contributed by atoms with van der Waals surface area (Å²) in [4.78, 5) is 37.6. The standard InChI is InChI=1S/C50H82NO9P/c1-6-8-10-12-14-16-18-20-22-24-26-28-30-32-34-36-38-40-49(53)57-45-48(46-59-61(55,56)58-44-43-51(3,4)5)60-50(54)42-41-47(52)39-37-35-33-31-29-27-25-23-21-19-17-15-13-11-9-7-2/h9,11,14-17,20-23,26-29,33,35,37,39,47-48,52H,6-8,10,12-13,18-19,24-25,30-32,34,36,38,40-46H2,1-5H3/b11-9-,16-14-,17-15-,22-20-,23-21-,28-26-,29-27-,35-33-,39-37-/t47?,48-/m1/s1. The third kappa shape index (κ3) is 44.5. The van der Waals surface area contributed by atoms with Gasteiger partial charge in [0.05, 0.1) is 33.9 Å². The van der Waals surface area contributed by atoms with Gasteiger partial charge in [-0.25, -0.2) is 0 Å². The first-order valence-electron chi connectivity index (χ1n) is 22.7. The fourth-order valence-electron chi connectivity index (χ4n) is 5.30. The van der Waals surface area contributed by atoms with Crippen molar-refractivity contribution in [3.05, 3.63) is 109 Å². The number of carbonyl (C=O) groups excluding carboxylic acids is 2. The Bertz CT molecular complexity index is 1420. The van der Waals surface area contributed by atoms with Gasteiger partial charge in [-0.2, -0.15) is 0 Å². The summed E-state index contributed by atoms with van der Waals surface area (Å²) in [5.41, 5.74) is 0. The van der Waals surface area contributed by atoms with Crippen LogP contribution in [0.4, 0.5) is 0 Å². The van der Waals surface area contributed by atoms with E-state index >= 15 is 0 Å². The van der Waals surface area contributed by atoms with Gasteiger partial charge in [0.2, 0.25) is 0 Å². The van der Waals surface area contributed by atoms with Crippen LogP contribution in [0.3, 0.4) is 0 Å². The van der Waals surface area contributed by atoms with E-state index in [0.717, 1.165) is 70.6 Å². The first-order valence-corrected chi connectivity index (χ1v) is 24.2. The van der Waals surface area contributed by atoms with Crippen LogP contribution in [0.25, 0.3) is 0 Å². The number of unbranched alkanes of at least 4 members (excludes halogenated alkanes) is 7. The first-order chi connectivity index (χ1) is 29.4. The van der Waals surface area contributed by atoms with Crippen molar-refractivity contribution in [2.45, 2.75) is 148 Å². The number of esters is 2. The number of phosphoric acid groups is 1. The van der Waals surface area contributed by atoms with E-state index in [0.29, 0.717) is 17.4 Å². The fourth-order valence-corrected chi connectivity index (χ4v) is 6.03. The van der Waals surface area contributed by atoms with Gasteiger partial charge in [-0.3, -0.25) is 14.2 Å². The Morgan fingerprint density at radius 2 is 1.15 bits per heavy atom. The Balaban J connectivity index is 4.65. The molecule has 2 unspecified atom stereocenters. The molecule has 0 aliphatic rings. The summed E-state index contributed by atoms with van der Waals surface area (Å²) in [6.07, 6.45) is 51.6. The summed E-state index contributed by atoms with van der Waals surface area (Å²) in [5, 5.41) is 10.4. The van der Waals surface area contributed by atoms with Gasteiger partial charge in [-0.15, -0.1) is 0 Å². The lowest BCUT2D eigenvalue weighted by atomic mass is 10.1. The second-order valence-electron chi connectivity index (χ2n) is 15.9. The third-order valence-electron chi connectivity index (χ3n) is 8.89. The van der Waals surface area contributed by atoms with Crippen molar-refractivity contribution in [3.8, 4) is 0 Å². The minimum atomic E-state index is -4.71. The van der Waals surface area contributed by atoms with Gasteiger partial charge >= 0.3 is 11.9 Å². The molecule has 0 radical (unpaired) electrons. The molecule has 0 aliphatic carbocycles. The van der Waals surface area contributed by atoms with Crippen LogP contribution < -0.4 is 4.89 Å². The van der Waals surface area contributed by atoms with Gasteiger partial charge in [-0.1, -0.05) is 149 Å². The van der Waals surface area contributed by atoms with Gasteiger partial charge in [0.15, 0.2) is 6.10 Å². The molecule has 10 nitrogen and oxygen atoms in total. The SMILES string of the molecule is CC/C=C\C/C=C\C/C=C\C/C=C\C/C=C\C=C/C(O)CCC(=O)O[C@H](COC(=O)CCCCCC/C=C\C/C=C\C/C=C\CCCCC)COP(=O)([O-])OCC[N+](C)(C)C. The van der Waals surface area contributed by atoms with Crippen molar-refractivity contribution in [2.75, 3.05) is 47.5 Å². The Labute approximate surface area is 370 Å². The average molecular weight is 872 g/mol. The van der Waals surface area contributed by atoms with E-state index < -0.39 is 38.6 Å². The maximum absolute atomic E-state index is 12.7. The monoisotopic (exact) mass is 872 g/mol. The van der Waals surface area contributed by atoms with E-state index in [-0.39, 0.29) is 32.5 Å². The Morgan fingerprint density at radius 3 is 1.70 bits per heavy atom. The van der Waals surface area contributed by atoms with Crippen LogP contribution in [0.5, 0.6) is 0 Å². The molecule has 0 bridgehead atoms. The van der Waals surface area contributed by atoms with Crippen LogP contribution in [0.15, 0.2) is 109 Å². The van der Waals surface area contributed by atoms with Gasteiger partial charge in [0.25, 0.3) is 7.82 Å². The summed E-state index contributed by atoms with van der Waals surface area (Å²) in [7, 11) is 0.988. The number of allylic oxidation sites excluding steroid dienone is 17. The number of hydrogen-bond acceptors (Lipinski definition) is 9. The number of carbonyl (C=O) groups is 2. The number of aliphatic hydroxyl groups excluding tert-OH is 1. The highest BCUT2D eigenvalue weighted by atomic mass is 31.2. The van der Waals surface area contributed by atoms with Crippen LogP contribution in [0.2, 0.25) is 0 Å². The molecule has 61 heavy (non-hydrogen) atoms. The predicted molar refractivity (Wildman–Crippen MR) is 251 cm³/mol. The lowest BCUT2D eigenvalue weighted by molar-refractivity contribution is -0.870. The molecular formula is C50H82NO9P. The molecule has 0 aromatic rings. The summed E-state index contributed by atoms with van der Waals surface area (Å²) in [6, 6.07) is 0. The molecule has 0 rings (SSSR count). The lowest BCUT2D eigenvalue weighted by Gasteiger charge is -2.28. The van der Waals surface area contributed by atoms with Crippen LogP contribution in [-0.4, -0.2) is 81.2 Å². The number of nitrogens with zero attached hydrogens (tertiary/aromatic N) is 1. The zero-order valence-electron chi connectivity index (χ0n) is 38.4. The molecule has 346 valence electrons. The van der Waals surface area contributed by atoms with Crippen LogP contribution in [0, 0.1) is 0 Å². The quantitative estimate of drug-likeness (QED) is 0.0160. The zero-order chi connectivity index (χ0) is 45.1. The Hall–Kier alpha value is -3.37. The molecule has 0 aliphatic heterocycles. The van der Waals surface area contributed by atoms with Gasteiger partial charge < -0.3 is 33.0 Å². The van der Waals surface area contributed by atoms with Crippen molar-refractivity contribution in [3.63, 3.8) is 0 Å². The normalized spacial score (nSPS) is 15.1. The van der Waals surface area contributed by atoms with E-state index in [9.17, 15) is 24.2 Å². The summed E-state index contributed by atoms with van der Waals surface area (Å²) in [6.45, 7) is 3.75.